The number of benzene rings is 2. The second-order valence-corrected chi connectivity index (χ2v) is 9.14. The molecule has 4 aromatic rings. The van der Waals surface area contributed by atoms with Gasteiger partial charge in [-0.3, -0.25) is 9.59 Å². The van der Waals surface area contributed by atoms with Crippen LogP contribution in [0.4, 0.5) is 21.7 Å². The molecule has 1 saturated heterocycles. The summed E-state index contributed by atoms with van der Waals surface area (Å²) in [6, 6.07) is 16.1. The third-order valence-electron chi connectivity index (χ3n) is 6.72. The number of aryl methyl sites for hydroxylation is 1. The summed E-state index contributed by atoms with van der Waals surface area (Å²) in [7, 11) is 1.75. The van der Waals surface area contributed by atoms with Crippen LogP contribution in [0, 0.1) is 12.7 Å². The molecule has 0 unspecified atom stereocenters. The number of halogens is 1. The Morgan fingerprint density at radius 1 is 0.947 bits per heavy atom. The summed E-state index contributed by atoms with van der Waals surface area (Å²) in [5, 5.41) is 13.3. The number of ketones is 1. The van der Waals surface area contributed by atoms with Crippen LogP contribution in [0.3, 0.4) is 0 Å². The second-order valence-electron chi connectivity index (χ2n) is 9.14. The zero-order valence-electron chi connectivity index (χ0n) is 21.1. The number of hydrogen-bond donors (Lipinski definition) is 2. The quantitative estimate of drug-likeness (QED) is 0.298. The van der Waals surface area contributed by atoms with E-state index in [0.717, 1.165) is 23.7 Å². The van der Waals surface area contributed by atoms with E-state index in [2.05, 4.69) is 15.3 Å². The highest BCUT2D eigenvalue weighted by Gasteiger charge is 2.26. The first kappa shape index (κ1) is 24.9. The van der Waals surface area contributed by atoms with E-state index in [1.807, 2.05) is 53.1 Å². The van der Waals surface area contributed by atoms with E-state index in [4.69, 9.17) is 0 Å². The van der Waals surface area contributed by atoms with Gasteiger partial charge in [-0.2, -0.15) is 0 Å². The standard InChI is InChI=1S/C28H27FN6O3/c1-18-14-22(19-6-4-3-5-7-19)25(33(18)2)26(37)27(38)32-21-8-9-23(24(36)15-21)34-10-12-35(13-11-34)28-30-16-20(29)17-31-28/h3-9,14-17,36H,10-13H2,1-2H3,(H,32,38). The van der Waals surface area contributed by atoms with Gasteiger partial charge < -0.3 is 24.8 Å². The van der Waals surface area contributed by atoms with Gasteiger partial charge in [0.05, 0.1) is 18.1 Å². The number of aromatic nitrogens is 3. The predicted octanol–water partition coefficient (Wildman–Crippen LogP) is 3.78. The SMILES string of the molecule is Cc1cc(-c2ccccc2)c(C(=O)C(=O)Nc2ccc(N3CCN(c4ncc(F)cn4)CC3)c(O)c2)n1C. The van der Waals surface area contributed by atoms with Crippen molar-refractivity contribution in [3.63, 3.8) is 0 Å². The molecule has 0 bridgehead atoms. The average Bonchev–Trinajstić information content (AvgIpc) is 3.23. The summed E-state index contributed by atoms with van der Waals surface area (Å²) in [6.07, 6.45) is 2.28. The van der Waals surface area contributed by atoms with Crippen molar-refractivity contribution in [2.45, 2.75) is 6.92 Å². The number of piperazine rings is 1. The number of carbonyl (C=O) groups is 2. The molecular weight excluding hydrogens is 487 g/mol. The lowest BCUT2D eigenvalue weighted by Gasteiger charge is -2.36. The van der Waals surface area contributed by atoms with Crippen molar-refractivity contribution in [1.82, 2.24) is 14.5 Å². The lowest BCUT2D eigenvalue weighted by atomic mass is 10.0. The van der Waals surface area contributed by atoms with Crippen LogP contribution in [0.1, 0.15) is 16.2 Å². The molecule has 2 aromatic carbocycles. The fraction of sp³-hybridized carbons (Fsp3) is 0.214. The molecule has 0 spiro atoms. The molecule has 0 atom stereocenters. The molecular formula is C28H27FN6O3. The maximum absolute atomic E-state index is 13.2. The number of nitrogens with one attached hydrogen (secondary N) is 1. The number of aromatic hydroxyl groups is 1. The first-order valence-corrected chi connectivity index (χ1v) is 12.2. The number of carbonyl (C=O) groups excluding carboxylic acids is 2. The van der Waals surface area contributed by atoms with Crippen molar-refractivity contribution in [2.75, 3.05) is 41.3 Å². The van der Waals surface area contributed by atoms with E-state index < -0.39 is 17.5 Å². The summed E-state index contributed by atoms with van der Waals surface area (Å²) in [6.45, 7) is 4.25. The molecule has 0 aliphatic carbocycles. The van der Waals surface area contributed by atoms with Gasteiger partial charge in [-0.1, -0.05) is 30.3 Å². The number of phenolic OH excluding ortho intramolecular Hbond substituents is 1. The Hall–Kier alpha value is -4.73. The molecule has 1 fully saturated rings. The highest BCUT2D eigenvalue weighted by molar-refractivity contribution is 6.47. The van der Waals surface area contributed by atoms with E-state index in [0.29, 0.717) is 54.8 Å². The first-order chi connectivity index (χ1) is 18.3. The summed E-state index contributed by atoms with van der Waals surface area (Å²) in [4.78, 5) is 38.1. The Morgan fingerprint density at radius 3 is 2.26 bits per heavy atom. The van der Waals surface area contributed by atoms with Crippen LogP contribution >= 0.6 is 0 Å². The van der Waals surface area contributed by atoms with Crippen LogP contribution in [0.5, 0.6) is 5.75 Å². The molecule has 1 amide bonds. The monoisotopic (exact) mass is 514 g/mol. The maximum atomic E-state index is 13.2. The Morgan fingerprint density at radius 2 is 1.61 bits per heavy atom. The minimum Gasteiger partial charge on any atom is -0.506 e. The van der Waals surface area contributed by atoms with Crippen molar-refractivity contribution in [1.29, 1.82) is 0 Å². The largest absolute Gasteiger partial charge is 0.506 e. The number of anilines is 3. The Kier molecular flexibility index (Phi) is 6.78. The average molecular weight is 515 g/mol. The maximum Gasteiger partial charge on any atom is 0.298 e. The minimum atomic E-state index is -0.788. The number of rotatable bonds is 6. The van der Waals surface area contributed by atoms with Crippen LogP contribution in [0.25, 0.3) is 11.1 Å². The van der Waals surface area contributed by atoms with Crippen molar-refractivity contribution in [2.24, 2.45) is 7.05 Å². The third-order valence-corrected chi connectivity index (χ3v) is 6.72. The van der Waals surface area contributed by atoms with Gasteiger partial charge in [0.25, 0.3) is 11.7 Å². The number of amides is 1. The van der Waals surface area contributed by atoms with E-state index in [-0.39, 0.29) is 5.75 Å². The summed E-state index contributed by atoms with van der Waals surface area (Å²) in [5.74, 6) is -1.49. The van der Waals surface area contributed by atoms with Gasteiger partial charge in [-0.25, -0.2) is 14.4 Å². The number of phenols is 1. The highest BCUT2D eigenvalue weighted by Crippen LogP contribution is 2.32. The van der Waals surface area contributed by atoms with Gasteiger partial charge in [-0.15, -0.1) is 0 Å². The minimum absolute atomic E-state index is 0.0126. The number of hydrogen-bond acceptors (Lipinski definition) is 7. The van der Waals surface area contributed by atoms with Gasteiger partial charge in [0.1, 0.15) is 11.4 Å². The Bertz CT molecular complexity index is 1480. The van der Waals surface area contributed by atoms with E-state index in [1.54, 1.807) is 23.7 Å². The summed E-state index contributed by atoms with van der Waals surface area (Å²) < 4.78 is 14.8. The molecule has 5 rings (SSSR count). The highest BCUT2D eigenvalue weighted by atomic mass is 19.1. The zero-order chi connectivity index (χ0) is 26.8. The van der Waals surface area contributed by atoms with Gasteiger partial charge in [0.2, 0.25) is 5.95 Å². The molecule has 9 nitrogen and oxygen atoms in total. The van der Waals surface area contributed by atoms with Crippen LogP contribution < -0.4 is 15.1 Å². The zero-order valence-corrected chi connectivity index (χ0v) is 21.1. The Labute approximate surface area is 219 Å². The third kappa shape index (κ3) is 4.93. The second kappa shape index (κ2) is 10.3. The van der Waals surface area contributed by atoms with Gasteiger partial charge in [0, 0.05) is 56.2 Å². The normalized spacial score (nSPS) is 13.4. The van der Waals surface area contributed by atoms with Gasteiger partial charge in [0.15, 0.2) is 5.82 Å². The molecule has 0 saturated carbocycles. The van der Waals surface area contributed by atoms with Crippen molar-refractivity contribution in [3.8, 4) is 16.9 Å². The van der Waals surface area contributed by atoms with Crippen LogP contribution in [0.15, 0.2) is 67.0 Å². The van der Waals surface area contributed by atoms with E-state index in [9.17, 15) is 19.1 Å². The molecule has 2 aromatic heterocycles. The topological polar surface area (TPSA) is 104 Å². The molecule has 10 heteroatoms. The van der Waals surface area contributed by atoms with E-state index in [1.165, 1.54) is 6.07 Å². The molecule has 38 heavy (non-hydrogen) atoms. The summed E-state index contributed by atoms with van der Waals surface area (Å²) in [5.41, 5.74) is 3.62. The molecule has 1 aliphatic rings. The lowest BCUT2D eigenvalue weighted by Crippen LogP contribution is -2.47. The van der Waals surface area contributed by atoms with Gasteiger partial charge >= 0.3 is 0 Å². The molecule has 0 radical (unpaired) electrons. The fourth-order valence-corrected chi connectivity index (χ4v) is 4.62. The smallest absolute Gasteiger partial charge is 0.298 e. The number of Topliss-reactive ketones (excluding diaryl/α,β-unsaturated/α-hetero) is 1. The van der Waals surface area contributed by atoms with Gasteiger partial charge in [-0.05, 0) is 30.7 Å². The summed E-state index contributed by atoms with van der Waals surface area (Å²) >= 11 is 0. The van der Waals surface area contributed by atoms with Crippen molar-refractivity contribution in [3.05, 3.63) is 84.2 Å². The van der Waals surface area contributed by atoms with Crippen molar-refractivity contribution < 1.29 is 19.1 Å². The Balaban J connectivity index is 1.27. The molecule has 194 valence electrons. The molecule has 2 N–H and O–H groups in total. The van der Waals surface area contributed by atoms with E-state index >= 15 is 0 Å². The van der Waals surface area contributed by atoms with Crippen molar-refractivity contribution >= 4 is 29.0 Å². The first-order valence-electron chi connectivity index (χ1n) is 12.2. The number of nitrogens with zero attached hydrogens (tertiary/aromatic N) is 5. The molecule has 3 heterocycles. The lowest BCUT2D eigenvalue weighted by molar-refractivity contribution is -0.112. The van der Waals surface area contributed by atoms with Crippen LogP contribution in [-0.4, -0.2) is 57.5 Å². The predicted molar refractivity (Wildman–Crippen MR) is 143 cm³/mol. The van der Waals surface area contributed by atoms with Crippen LogP contribution in [-0.2, 0) is 11.8 Å². The fourth-order valence-electron chi connectivity index (χ4n) is 4.62. The molecule has 1 aliphatic heterocycles. The van der Waals surface area contributed by atoms with Crippen LogP contribution in [0.2, 0.25) is 0 Å².